The van der Waals surface area contributed by atoms with E-state index in [1.54, 1.807) is 24.3 Å². The molecule has 1 atom stereocenters. The number of aryl methyl sites for hydroxylation is 1. The third-order valence-electron chi connectivity index (χ3n) is 4.54. The molecule has 2 aromatic carbocycles. The van der Waals surface area contributed by atoms with Crippen LogP contribution in [0.1, 0.15) is 24.0 Å². The quantitative estimate of drug-likeness (QED) is 0.448. The predicted molar refractivity (Wildman–Crippen MR) is 115 cm³/mol. The predicted octanol–water partition coefficient (Wildman–Crippen LogP) is 3.15. The van der Waals surface area contributed by atoms with Crippen molar-refractivity contribution in [2.24, 2.45) is 0 Å². The van der Waals surface area contributed by atoms with Crippen LogP contribution in [-0.2, 0) is 26.9 Å². The number of thiocarbonyl (C=S) groups is 1. The molecule has 1 saturated heterocycles. The normalized spacial score (nSPS) is 19.0. The molecule has 0 aromatic heterocycles. The summed E-state index contributed by atoms with van der Waals surface area (Å²) in [6, 6.07) is 11.1. The van der Waals surface area contributed by atoms with Gasteiger partial charge in [-0.25, -0.2) is 4.39 Å². The average Bonchev–Trinajstić information content (AvgIpc) is 2.92. The number of carbonyl (C=O) groups excluding carboxylic acids is 1. The van der Waals surface area contributed by atoms with Crippen molar-refractivity contribution in [3.05, 3.63) is 63.9 Å². The molecule has 154 valence electrons. The number of carbonyl (C=O) groups is 1. The second-order valence-corrected chi connectivity index (χ2v) is 9.56. The molecule has 0 aliphatic carbocycles. The Kier molecular flexibility index (Phi) is 6.25. The Morgan fingerprint density at radius 3 is 2.45 bits per heavy atom. The zero-order chi connectivity index (χ0) is 21.2. The van der Waals surface area contributed by atoms with Crippen molar-refractivity contribution < 1.29 is 21.8 Å². The first-order chi connectivity index (χ1) is 13.6. The molecule has 2 N–H and O–H groups in total. The van der Waals surface area contributed by atoms with Gasteiger partial charge in [-0.2, -0.15) is 8.42 Å². The minimum atomic E-state index is -3.64. The van der Waals surface area contributed by atoms with Gasteiger partial charge in [-0.15, -0.1) is 0 Å². The van der Waals surface area contributed by atoms with Gasteiger partial charge in [0.05, 0.1) is 10.7 Å². The summed E-state index contributed by atoms with van der Waals surface area (Å²) < 4.78 is 41.2. The molecular weight excluding hydrogens is 483 g/mol. The summed E-state index contributed by atoms with van der Waals surface area (Å²) in [5.74, 6) is -0.452. The second-order valence-electron chi connectivity index (χ2n) is 6.73. The average molecular weight is 501 g/mol. The van der Waals surface area contributed by atoms with Gasteiger partial charge < -0.3 is 14.8 Å². The van der Waals surface area contributed by atoms with Gasteiger partial charge >= 0.3 is 10.1 Å². The zero-order valence-electron chi connectivity index (χ0n) is 15.4. The molecule has 0 bridgehead atoms. The highest BCUT2D eigenvalue weighted by atomic mass is 79.9. The van der Waals surface area contributed by atoms with E-state index in [1.807, 2.05) is 0 Å². The van der Waals surface area contributed by atoms with Crippen LogP contribution in [0.4, 0.5) is 4.39 Å². The second kappa shape index (κ2) is 8.37. The van der Waals surface area contributed by atoms with Gasteiger partial charge in [0.25, 0.3) is 5.91 Å². The molecule has 2 aromatic rings. The minimum Gasteiger partial charge on any atom is -0.383 e. The fourth-order valence-corrected chi connectivity index (χ4v) is 4.39. The number of amides is 1. The molecular formula is C19H18BrFN2O4S2. The van der Waals surface area contributed by atoms with Crippen molar-refractivity contribution in [1.29, 1.82) is 0 Å². The first-order valence-electron chi connectivity index (χ1n) is 8.67. The van der Waals surface area contributed by atoms with Crippen LogP contribution in [-0.4, -0.2) is 25.7 Å². The van der Waals surface area contributed by atoms with Gasteiger partial charge in [-0.3, -0.25) is 4.79 Å². The van der Waals surface area contributed by atoms with Gasteiger partial charge in [0, 0.05) is 0 Å². The van der Waals surface area contributed by atoms with Gasteiger partial charge in [0.1, 0.15) is 17.1 Å². The maximum Gasteiger partial charge on any atom is 0.306 e. The van der Waals surface area contributed by atoms with Crippen molar-refractivity contribution in [2.75, 3.05) is 6.26 Å². The first-order valence-corrected chi connectivity index (χ1v) is 11.7. The number of benzene rings is 2. The number of rotatable bonds is 7. The molecule has 1 aliphatic heterocycles. The molecule has 0 saturated carbocycles. The van der Waals surface area contributed by atoms with E-state index in [2.05, 4.69) is 26.6 Å². The summed E-state index contributed by atoms with van der Waals surface area (Å²) in [6.07, 6.45) is 2.65. The van der Waals surface area contributed by atoms with Crippen LogP contribution in [0.5, 0.6) is 5.75 Å². The molecule has 0 radical (unpaired) electrons. The summed E-state index contributed by atoms with van der Waals surface area (Å²) >= 11 is 8.30. The molecule has 1 fully saturated rings. The molecule has 1 aliphatic rings. The number of nitrogens with one attached hydrogen (secondary N) is 2. The molecule has 6 nitrogen and oxygen atoms in total. The molecule has 29 heavy (non-hydrogen) atoms. The van der Waals surface area contributed by atoms with Gasteiger partial charge in [-0.1, -0.05) is 18.2 Å². The maximum absolute atomic E-state index is 13.4. The fourth-order valence-electron chi connectivity index (χ4n) is 3.24. The molecule has 1 unspecified atom stereocenters. The van der Waals surface area contributed by atoms with E-state index in [0.717, 1.165) is 11.8 Å². The van der Waals surface area contributed by atoms with Crippen LogP contribution >= 0.6 is 28.1 Å². The van der Waals surface area contributed by atoms with Gasteiger partial charge in [0.15, 0.2) is 5.11 Å². The van der Waals surface area contributed by atoms with Gasteiger partial charge in [-0.05, 0) is 82.8 Å². The number of hydrogen-bond donors (Lipinski definition) is 2. The van der Waals surface area contributed by atoms with Crippen LogP contribution in [0.3, 0.4) is 0 Å². The highest BCUT2D eigenvalue weighted by Gasteiger charge is 2.45. The van der Waals surface area contributed by atoms with E-state index in [9.17, 15) is 17.6 Å². The van der Waals surface area contributed by atoms with Crippen molar-refractivity contribution in [1.82, 2.24) is 10.6 Å². The van der Waals surface area contributed by atoms with E-state index in [1.165, 1.54) is 18.2 Å². The van der Waals surface area contributed by atoms with Crippen LogP contribution in [0.15, 0.2) is 46.9 Å². The lowest BCUT2D eigenvalue weighted by molar-refractivity contribution is -0.124. The van der Waals surface area contributed by atoms with Crippen LogP contribution in [0, 0.1) is 5.82 Å². The SMILES string of the molecule is CS(=O)(=O)Oc1ccc(C2(CCCc3ccc(F)c(Br)c3)NC(=S)NC2=O)cc1. The Morgan fingerprint density at radius 1 is 1.21 bits per heavy atom. The van der Waals surface area contributed by atoms with Crippen molar-refractivity contribution in [3.8, 4) is 5.75 Å². The van der Waals surface area contributed by atoms with Crippen molar-refractivity contribution >= 4 is 49.3 Å². The van der Waals surface area contributed by atoms with E-state index < -0.39 is 15.7 Å². The Hall–Kier alpha value is -2.04. The summed E-state index contributed by atoms with van der Waals surface area (Å²) in [6.45, 7) is 0. The van der Waals surface area contributed by atoms with Crippen LogP contribution < -0.4 is 14.8 Å². The number of hydrogen-bond acceptors (Lipinski definition) is 5. The first kappa shape index (κ1) is 21.7. The van der Waals surface area contributed by atoms with Crippen molar-refractivity contribution in [2.45, 2.75) is 24.8 Å². The third kappa shape index (κ3) is 5.12. The van der Waals surface area contributed by atoms with Crippen LogP contribution in [0.2, 0.25) is 0 Å². The Morgan fingerprint density at radius 2 is 1.90 bits per heavy atom. The van der Waals surface area contributed by atoms with E-state index in [-0.39, 0.29) is 22.6 Å². The third-order valence-corrected chi connectivity index (χ3v) is 5.84. The standard InChI is InChI=1S/C19H18BrFN2O4S2/c1-29(25,26)27-14-7-5-13(6-8-14)19(17(24)22-18(28)23-19)10-2-3-12-4-9-16(21)15(20)11-12/h4-9,11H,2-3,10H2,1H3,(H2,22,23,24,28). The number of halogens is 2. The summed E-state index contributed by atoms with van der Waals surface area (Å²) in [5, 5.41) is 5.90. The van der Waals surface area contributed by atoms with Crippen molar-refractivity contribution in [3.63, 3.8) is 0 Å². The van der Waals surface area contributed by atoms with E-state index in [4.69, 9.17) is 16.4 Å². The molecule has 1 amide bonds. The Bertz CT molecular complexity index is 1060. The van der Waals surface area contributed by atoms with Crippen LogP contribution in [0.25, 0.3) is 0 Å². The summed E-state index contributed by atoms with van der Waals surface area (Å²) in [4.78, 5) is 12.7. The highest BCUT2D eigenvalue weighted by molar-refractivity contribution is 9.10. The largest absolute Gasteiger partial charge is 0.383 e. The maximum atomic E-state index is 13.4. The topological polar surface area (TPSA) is 84.5 Å². The lowest BCUT2D eigenvalue weighted by Gasteiger charge is -2.27. The van der Waals surface area contributed by atoms with Gasteiger partial charge in [0.2, 0.25) is 0 Å². The molecule has 10 heteroatoms. The lowest BCUT2D eigenvalue weighted by Crippen LogP contribution is -2.43. The zero-order valence-corrected chi connectivity index (χ0v) is 18.6. The Balaban J connectivity index is 1.80. The molecule has 3 rings (SSSR count). The van der Waals surface area contributed by atoms with E-state index >= 15 is 0 Å². The smallest absolute Gasteiger partial charge is 0.306 e. The Labute approximate surface area is 182 Å². The molecule has 0 spiro atoms. The minimum absolute atomic E-state index is 0.156. The summed E-state index contributed by atoms with van der Waals surface area (Å²) in [7, 11) is -3.64. The lowest BCUT2D eigenvalue weighted by atomic mass is 9.84. The highest BCUT2D eigenvalue weighted by Crippen LogP contribution is 2.32. The summed E-state index contributed by atoms with van der Waals surface area (Å²) in [5.41, 5.74) is 0.500. The fraction of sp³-hybridized carbons (Fsp3) is 0.263. The van der Waals surface area contributed by atoms with E-state index in [0.29, 0.717) is 29.3 Å². The molecule has 1 heterocycles. The monoisotopic (exact) mass is 500 g/mol.